The monoisotopic (exact) mass is 200 g/mol. The molecular formula is C6H12N6O2. The molecule has 1 heterocycles. The van der Waals surface area contributed by atoms with E-state index >= 15 is 0 Å². The van der Waals surface area contributed by atoms with Crippen molar-refractivity contribution in [3.05, 3.63) is 5.82 Å². The lowest BCUT2D eigenvalue weighted by atomic mass is 10.3. The Labute approximate surface area is 80.1 Å². The van der Waals surface area contributed by atoms with E-state index < -0.39 is 12.0 Å². The summed E-state index contributed by atoms with van der Waals surface area (Å²) in [6.45, 7) is 0.408. The normalized spacial score (nSPS) is 12.7. The second-order valence-corrected chi connectivity index (χ2v) is 2.74. The van der Waals surface area contributed by atoms with E-state index in [1.807, 2.05) is 0 Å². The molecule has 8 nitrogen and oxygen atoms in total. The second-order valence-electron chi connectivity index (χ2n) is 2.74. The molecule has 0 radical (unpaired) electrons. The first-order valence-corrected chi connectivity index (χ1v) is 4.00. The number of carbonyl (C=O) groups is 1. The first-order valence-electron chi connectivity index (χ1n) is 4.00. The summed E-state index contributed by atoms with van der Waals surface area (Å²) >= 11 is 0. The summed E-state index contributed by atoms with van der Waals surface area (Å²) < 4.78 is 0. The predicted octanol–water partition coefficient (Wildman–Crippen LogP) is -2.85. The fourth-order valence-electron chi connectivity index (χ4n) is 0.815. The van der Waals surface area contributed by atoms with Gasteiger partial charge in [-0.2, -0.15) is 4.80 Å². The highest BCUT2D eigenvalue weighted by molar-refractivity contribution is 5.78. The van der Waals surface area contributed by atoms with Crippen LogP contribution in [0.2, 0.25) is 0 Å². The molecule has 0 spiro atoms. The maximum absolute atomic E-state index is 10.4. The number of hydrogen-bond acceptors (Lipinski definition) is 6. The summed E-state index contributed by atoms with van der Waals surface area (Å²) in [7, 11) is 1.65. The Morgan fingerprint density at radius 3 is 3.00 bits per heavy atom. The maximum atomic E-state index is 10.4. The Hall–Kier alpha value is -1.54. The number of aryl methyl sites for hydroxylation is 1. The van der Waals surface area contributed by atoms with Gasteiger partial charge >= 0.3 is 0 Å². The van der Waals surface area contributed by atoms with Crippen LogP contribution in [0, 0.1) is 0 Å². The lowest BCUT2D eigenvalue weighted by Gasteiger charge is -2.05. The molecule has 0 fully saturated rings. The second kappa shape index (κ2) is 4.63. The molecule has 1 unspecified atom stereocenters. The lowest BCUT2D eigenvalue weighted by Crippen LogP contribution is -2.37. The fraction of sp³-hybridized carbons (Fsp3) is 0.667. The van der Waals surface area contributed by atoms with Crippen LogP contribution in [0.5, 0.6) is 0 Å². The van der Waals surface area contributed by atoms with Gasteiger partial charge in [-0.1, -0.05) is 0 Å². The van der Waals surface area contributed by atoms with E-state index in [-0.39, 0.29) is 6.54 Å². The van der Waals surface area contributed by atoms with Gasteiger partial charge in [0.1, 0.15) is 6.10 Å². The number of primary amides is 1. The number of rotatable bonds is 5. The average Bonchev–Trinajstić information content (AvgIpc) is 2.51. The Bertz CT molecular complexity index is 311. The van der Waals surface area contributed by atoms with E-state index in [2.05, 4.69) is 20.7 Å². The minimum absolute atomic E-state index is 0.0770. The number of nitrogens with one attached hydrogen (secondary N) is 1. The van der Waals surface area contributed by atoms with Gasteiger partial charge in [0.15, 0.2) is 5.82 Å². The molecule has 0 aromatic carbocycles. The number of aromatic nitrogens is 4. The molecule has 1 rings (SSSR count). The van der Waals surface area contributed by atoms with E-state index in [9.17, 15) is 4.79 Å². The van der Waals surface area contributed by atoms with Crippen LogP contribution >= 0.6 is 0 Å². The van der Waals surface area contributed by atoms with Crippen molar-refractivity contribution in [2.24, 2.45) is 12.8 Å². The van der Waals surface area contributed by atoms with Crippen molar-refractivity contribution in [1.29, 1.82) is 0 Å². The summed E-state index contributed by atoms with van der Waals surface area (Å²) in [4.78, 5) is 11.8. The molecule has 1 atom stereocenters. The zero-order valence-electron chi connectivity index (χ0n) is 7.71. The quantitative estimate of drug-likeness (QED) is 0.470. The first-order chi connectivity index (χ1) is 6.59. The number of carbonyl (C=O) groups excluding carboxylic acids is 1. The Kier molecular flexibility index (Phi) is 3.48. The molecule has 4 N–H and O–H groups in total. The van der Waals surface area contributed by atoms with Crippen molar-refractivity contribution >= 4 is 5.91 Å². The van der Waals surface area contributed by atoms with E-state index in [1.54, 1.807) is 7.05 Å². The molecule has 0 saturated heterocycles. The largest absolute Gasteiger partial charge is 0.382 e. The van der Waals surface area contributed by atoms with E-state index in [0.29, 0.717) is 12.4 Å². The molecular weight excluding hydrogens is 188 g/mol. The van der Waals surface area contributed by atoms with Crippen LogP contribution in [0.3, 0.4) is 0 Å². The summed E-state index contributed by atoms with van der Waals surface area (Å²) in [5.41, 5.74) is 4.84. The number of nitrogens with zero attached hydrogens (tertiary/aromatic N) is 4. The highest BCUT2D eigenvalue weighted by Gasteiger charge is 2.10. The van der Waals surface area contributed by atoms with Crippen LogP contribution in [-0.2, 0) is 18.4 Å². The van der Waals surface area contributed by atoms with Gasteiger partial charge in [-0.05, 0) is 5.21 Å². The standard InChI is InChI=1S/C6H12N6O2/c1-12-10-5(9-11-12)3-8-2-4(13)6(7)14/h4,8,13H,2-3H2,1H3,(H2,7,14). The van der Waals surface area contributed by atoms with Crippen molar-refractivity contribution in [3.63, 3.8) is 0 Å². The molecule has 0 saturated carbocycles. The highest BCUT2D eigenvalue weighted by Crippen LogP contribution is 1.84. The number of nitrogens with two attached hydrogens (primary N) is 1. The van der Waals surface area contributed by atoms with Crippen LogP contribution in [0.15, 0.2) is 0 Å². The van der Waals surface area contributed by atoms with Crippen LogP contribution in [0.1, 0.15) is 5.82 Å². The molecule has 1 amide bonds. The van der Waals surface area contributed by atoms with Gasteiger partial charge in [0.05, 0.1) is 13.6 Å². The Morgan fingerprint density at radius 1 is 1.79 bits per heavy atom. The third-order valence-corrected chi connectivity index (χ3v) is 1.50. The van der Waals surface area contributed by atoms with Crippen molar-refractivity contribution in [2.75, 3.05) is 6.54 Å². The number of aliphatic hydroxyl groups is 1. The summed E-state index contributed by atoms with van der Waals surface area (Å²) in [5.74, 6) is -0.270. The van der Waals surface area contributed by atoms with Crippen molar-refractivity contribution in [1.82, 2.24) is 25.5 Å². The Balaban J connectivity index is 2.25. The van der Waals surface area contributed by atoms with Gasteiger partial charge < -0.3 is 16.2 Å². The average molecular weight is 200 g/mol. The van der Waals surface area contributed by atoms with Crippen LogP contribution in [0.25, 0.3) is 0 Å². The predicted molar refractivity (Wildman–Crippen MR) is 45.7 cm³/mol. The van der Waals surface area contributed by atoms with Gasteiger partial charge in [-0.25, -0.2) is 0 Å². The molecule has 8 heteroatoms. The third kappa shape index (κ3) is 3.07. The number of hydrogen-bond donors (Lipinski definition) is 3. The van der Waals surface area contributed by atoms with Crippen molar-refractivity contribution in [3.8, 4) is 0 Å². The molecule has 0 aliphatic carbocycles. The smallest absolute Gasteiger partial charge is 0.247 e. The molecule has 1 aromatic heterocycles. The fourth-order valence-corrected chi connectivity index (χ4v) is 0.815. The van der Waals surface area contributed by atoms with Crippen LogP contribution in [-0.4, -0.2) is 43.9 Å². The van der Waals surface area contributed by atoms with Crippen molar-refractivity contribution in [2.45, 2.75) is 12.6 Å². The summed E-state index contributed by atoms with van der Waals surface area (Å²) in [6.07, 6.45) is -1.19. The van der Waals surface area contributed by atoms with Crippen molar-refractivity contribution < 1.29 is 9.90 Å². The SMILES string of the molecule is Cn1nnc(CNCC(O)C(N)=O)n1. The molecule has 0 aliphatic heterocycles. The molecule has 0 aliphatic rings. The topological polar surface area (TPSA) is 119 Å². The Morgan fingerprint density at radius 2 is 2.50 bits per heavy atom. The highest BCUT2D eigenvalue weighted by atomic mass is 16.3. The van der Waals surface area contributed by atoms with Gasteiger partial charge in [0.2, 0.25) is 5.91 Å². The zero-order chi connectivity index (χ0) is 10.6. The minimum atomic E-state index is -1.19. The van der Waals surface area contributed by atoms with Crippen LogP contribution in [0.4, 0.5) is 0 Å². The van der Waals surface area contributed by atoms with Crippen LogP contribution < -0.4 is 11.1 Å². The first kappa shape index (κ1) is 10.5. The van der Waals surface area contributed by atoms with E-state index in [4.69, 9.17) is 10.8 Å². The van der Waals surface area contributed by atoms with E-state index in [1.165, 1.54) is 4.80 Å². The number of aliphatic hydroxyl groups excluding tert-OH is 1. The van der Waals surface area contributed by atoms with Gasteiger partial charge in [-0.3, -0.25) is 4.79 Å². The molecule has 1 aromatic rings. The van der Waals surface area contributed by atoms with Gasteiger partial charge in [0.25, 0.3) is 0 Å². The zero-order valence-corrected chi connectivity index (χ0v) is 7.71. The van der Waals surface area contributed by atoms with E-state index in [0.717, 1.165) is 0 Å². The maximum Gasteiger partial charge on any atom is 0.247 e. The molecule has 0 bridgehead atoms. The lowest BCUT2D eigenvalue weighted by molar-refractivity contribution is -0.125. The van der Waals surface area contributed by atoms with Gasteiger partial charge in [-0.15, -0.1) is 10.2 Å². The third-order valence-electron chi connectivity index (χ3n) is 1.50. The summed E-state index contributed by atoms with van der Waals surface area (Å²) in [5, 5.41) is 23.0. The number of amides is 1. The number of tetrazole rings is 1. The molecule has 14 heavy (non-hydrogen) atoms. The summed E-state index contributed by atoms with van der Waals surface area (Å²) in [6, 6.07) is 0. The van der Waals surface area contributed by atoms with Gasteiger partial charge in [0, 0.05) is 6.54 Å². The molecule has 78 valence electrons. The minimum Gasteiger partial charge on any atom is -0.382 e.